The van der Waals surface area contributed by atoms with Crippen molar-refractivity contribution in [3.8, 4) is 11.1 Å². The molecule has 3 heterocycles. The number of pyridine rings is 1. The van der Waals surface area contributed by atoms with Gasteiger partial charge in [0.1, 0.15) is 0 Å². The summed E-state index contributed by atoms with van der Waals surface area (Å²) in [6.45, 7) is 0.552. The molecular formula is C24H24N6O2. The van der Waals surface area contributed by atoms with Crippen molar-refractivity contribution in [3.05, 3.63) is 83.7 Å². The molecular weight excluding hydrogens is 404 g/mol. The summed E-state index contributed by atoms with van der Waals surface area (Å²) in [6, 6.07) is 17.1. The largest absolute Gasteiger partial charge is 0.437 e. The van der Waals surface area contributed by atoms with E-state index in [0.717, 1.165) is 33.5 Å². The average Bonchev–Trinajstić information content (AvgIpc) is 3.45. The van der Waals surface area contributed by atoms with E-state index in [0.29, 0.717) is 25.3 Å². The lowest BCUT2D eigenvalue weighted by Gasteiger charge is -2.23. The Bertz CT molecular complexity index is 1170. The van der Waals surface area contributed by atoms with E-state index in [9.17, 15) is 4.79 Å². The van der Waals surface area contributed by atoms with Crippen molar-refractivity contribution in [3.63, 3.8) is 0 Å². The molecule has 0 fully saturated rings. The number of amides is 1. The number of nitrogens with one attached hydrogen (secondary N) is 1. The van der Waals surface area contributed by atoms with Crippen molar-refractivity contribution < 1.29 is 9.53 Å². The van der Waals surface area contributed by atoms with Gasteiger partial charge in [0.2, 0.25) is 18.2 Å². The first-order chi connectivity index (χ1) is 15.6. The number of nitrogens with two attached hydrogens (primary N) is 2. The highest BCUT2D eigenvalue weighted by Gasteiger charge is 2.33. The molecule has 3 aromatic rings. The van der Waals surface area contributed by atoms with Gasteiger partial charge in [-0.15, -0.1) is 5.10 Å². The van der Waals surface area contributed by atoms with Gasteiger partial charge in [-0.25, -0.2) is 0 Å². The maximum Gasteiger partial charge on any atom is 0.244 e. The van der Waals surface area contributed by atoms with E-state index in [1.54, 1.807) is 17.3 Å². The van der Waals surface area contributed by atoms with Gasteiger partial charge in [-0.2, -0.15) is 0 Å². The molecule has 2 aliphatic heterocycles. The first kappa shape index (κ1) is 20.2. The molecule has 0 spiro atoms. The lowest BCUT2D eigenvalue weighted by atomic mass is 9.97. The normalized spacial score (nSPS) is 17.9. The Labute approximate surface area is 185 Å². The molecule has 1 aromatic heterocycles. The van der Waals surface area contributed by atoms with E-state index in [-0.39, 0.29) is 5.91 Å². The van der Waals surface area contributed by atoms with Crippen LogP contribution in [0.2, 0.25) is 0 Å². The Morgan fingerprint density at radius 3 is 2.66 bits per heavy atom. The quantitative estimate of drug-likeness (QED) is 0.570. The SMILES string of the molecule is NC1NN=C(c2cc(-c3ccncc3)cc3c2CCN3C(=O)[C@@H](N)Cc2ccccc2)O1. The van der Waals surface area contributed by atoms with E-state index in [4.69, 9.17) is 16.2 Å². The summed E-state index contributed by atoms with van der Waals surface area (Å²) in [4.78, 5) is 19.2. The van der Waals surface area contributed by atoms with E-state index in [1.807, 2.05) is 54.6 Å². The van der Waals surface area contributed by atoms with Gasteiger partial charge in [-0.1, -0.05) is 30.3 Å². The molecule has 2 atom stereocenters. The van der Waals surface area contributed by atoms with Crippen molar-refractivity contribution in [2.45, 2.75) is 25.2 Å². The topological polar surface area (TPSA) is 119 Å². The Morgan fingerprint density at radius 1 is 1.16 bits per heavy atom. The van der Waals surface area contributed by atoms with Crippen LogP contribution >= 0.6 is 0 Å². The van der Waals surface area contributed by atoms with Crippen molar-refractivity contribution in [2.24, 2.45) is 16.6 Å². The highest BCUT2D eigenvalue weighted by Crippen LogP contribution is 2.37. The van der Waals surface area contributed by atoms with Crippen LogP contribution < -0.4 is 21.8 Å². The molecule has 32 heavy (non-hydrogen) atoms. The fourth-order valence-corrected chi connectivity index (χ4v) is 4.21. The van der Waals surface area contributed by atoms with Gasteiger partial charge in [0.25, 0.3) is 0 Å². The minimum Gasteiger partial charge on any atom is -0.437 e. The van der Waals surface area contributed by atoms with Crippen LogP contribution in [-0.4, -0.2) is 35.7 Å². The number of ether oxygens (including phenoxy) is 1. The Morgan fingerprint density at radius 2 is 1.94 bits per heavy atom. The van der Waals surface area contributed by atoms with Gasteiger partial charge in [-0.05, 0) is 59.4 Å². The van der Waals surface area contributed by atoms with Crippen LogP contribution in [0.3, 0.4) is 0 Å². The molecule has 5 rings (SSSR count). The number of nitrogens with zero attached hydrogens (tertiary/aromatic N) is 3. The third kappa shape index (κ3) is 3.81. The van der Waals surface area contributed by atoms with Gasteiger partial charge in [0.15, 0.2) is 0 Å². The van der Waals surface area contributed by atoms with Crippen LogP contribution in [0.5, 0.6) is 0 Å². The van der Waals surface area contributed by atoms with E-state index >= 15 is 0 Å². The number of fused-ring (bicyclic) bond motifs is 1. The number of rotatable bonds is 5. The zero-order valence-electron chi connectivity index (χ0n) is 17.4. The lowest BCUT2D eigenvalue weighted by molar-refractivity contribution is -0.119. The van der Waals surface area contributed by atoms with E-state index < -0.39 is 12.4 Å². The Balaban J connectivity index is 1.52. The van der Waals surface area contributed by atoms with E-state index in [2.05, 4.69) is 15.5 Å². The molecule has 8 heteroatoms. The summed E-state index contributed by atoms with van der Waals surface area (Å²) < 4.78 is 5.66. The fourth-order valence-electron chi connectivity index (χ4n) is 4.21. The summed E-state index contributed by atoms with van der Waals surface area (Å²) in [6.07, 6.45) is 3.95. The minimum atomic E-state index is -0.691. The van der Waals surface area contributed by atoms with Crippen LogP contribution in [-0.2, 0) is 22.4 Å². The maximum atomic E-state index is 13.3. The highest BCUT2D eigenvalue weighted by molar-refractivity contribution is 6.05. The minimum absolute atomic E-state index is 0.102. The maximum absolute atomic E-state index is 13.3. The zero-order chi connectivity index (χ0) is 22.1. The molecule has 0 saturated heterocycles. The monoisotopic (exact) mass is 428 g/mol. The van der Waals surface area contributed by atoms with Gasteiger partial charge >= 0.3 is 0 Å². The van der Waals surface area contributed by atoms with Crippen LogP contribution in [0, 0.1) is 0 Å². The number of hydrogen-bond donors (Lipinski definition) is 3. The molecule has 0 saturated carbocycles. The molecule has 2 aromatic carbocycles. The average molecular weight is 428 g/mol. The number of carbonyl (C=O) groups excluding carboxylic acids is 1. The summed E-state index contributed by atoms with van der Waals surface area (Å²) in [5.74, 6) is 0.321. The molecule has 2 aliphatic rings. The fraction of sp³-hybridized carbons (Fsp3) is 0.208. The first-order valence-electron chi connectivity index (χ1n) is 10.5. The number of hydrogen-bond acceptors (Lipinski definition) is 7. The van der Waals surface area contributed by atoms with Crippen LogP contribution in [0.15, 0.2) is 72.1 Å². The molecule has 1 unspecified atom stereocenters. The molecule has 8 nitrogen and oxygen atoms in total. The van der Waals surface area contributed by atoms with Gasteiger partial charge in [-0.3, -0.25) is 20.9 Å². The van der Waals surface area contributed by atoms with Crippen LogP contribution in [0.25, 0.3) is 11.1 Å². The third-order valence-electron chi connectivity index (χ3n) is 5.76. The zero-order valence-corrected chi connectivity index (χ0v) is 17.4. The summed E-state index contributed by atoms with van der Waals surface area (Å²) in [7, 11) is 0. The Kier molecular flexibility index (Phi) is 5.30. The van der Waals surface area contributed by atoms with Crippen molar-refractivity contribution in [2.75, 3.05) is 11.4 Å². The van der Waals surface area contributed by atoms with Gasteiger partial charge in [0.05, 0.1) is 6.04 Å². The number of carbonyl (C=O) groups is 1. The number of benzene rings is 2. The summed E-state index contributed by atoms with van der Waals surface area (Å²) in [5.41, 5.74) is 20.5. The molecule has 1 amide bonds. The second kappa shape index (κ2) is 8.41. The highest BCUT2D eigenvalue weighted by atomic mass is 16.5. The molecule has 0 radical (unpaired) electrons. The third-order valence-corrected chi connectivity index (χ3v) is 5.76. The standard InChI is InChI=1S/C24H24N6O2/c25-20(12-15-4-2-1-3-5-15)23(31)30-11-8-18-19(22-28-29-24(26)32-22)13-17(14-21(18)30)16-6-9-27-10-7-16/h1-7,9-10,13-14,20,24,29H,8,11-12,25-26H2/t20-,24?/m0/s1. The molecule has 0 aliphatic carbocycles. The first-order valence-corrected chi connectivity index (χ1v) is 10.5. The van der Waals surface area contributed by atoms with Crippen molar-refractivity contribution in [1.82, 2.24) is 10.4 Å². The van der Waals surface area contributed by atoms with Gasteiger partial charge < -0.3 is 15.4 Å². The summed E-state index contributed by atoms with van der Waals surface area (Å²) in [5, 5.41) is 4.24. The predicted molar refractivity (Wildman–Crippen MR) is 123 cm³/mol. The number of aromatic nitrogens is 1. The van der Waals surface area contributed by atoms with Crippen LogP contribution in [0.1, 0.15) is 16.7 Å². The van der Waals surface area contributed by atoms with E-state index in [1.165, 1.54) is 0 Å². The smallest absolute Gasteiger partial charge is 0.244 e. The van der Waals surface area contributed by atoms with Crippen molar-refractivity contribution in [1.29, 1.82) is 0 Å². The summed E-state index contributed by atoms with van der Waals surface area (Å²) >= 11 is 0. The second-order valence-electron chi connectivity index (χ2n) is 7.88. The molecule has 0 bridgehead atoms. The van der Waals surface area contributed by atoms with Crippen molar-refractivity contribution >= 4 is 17.5 Å². The second-order valence-corrected chi connectivity index (χ2v) is 7.88. The van der Waals surface area contributed by atoms with Gasteiger partial charge in [0, 0.05) is 30.2 Å². The lowest BCUT2D eigenvalue weighted by Crippen LogP contribution is -2.44. The predicted octanol–water partition coefficient (Wildman–Crippen LogP) is 1.73. The number of hydrazone groups is 1. The Hall–Kier alpha value is -3.75. The molecule has 5 N–H and O–H groups in total. The molecule has 162 valence electrons. The van der Waals surface area contributed by atoms with Crippen LogP contribution in [0.4, 0.5) is 5.69 Å². The number of anilines is 1.